The molecule has 0 bridgehead atoms. The summed E-state index contributed by atoms with van der Waals surface area (Å²) in [5.41, 5.74) is 8.03. The minimum absolute atomic E-state index is 0.684. The monoisotopic (exact) mass is 222 g/mol. The highest BCUT2D eigenvalue weighted by molar-refractivity contribution is 5.21. The van der Waals surface area contributed by atoms with Crippen molar-refractivity contribution in [3.05, 3.63) is 35.4 Å². The van der Waals surface area contributed by atoms with Crippen LogP contribution in [0.4, 0.5) is 0 Å². The highest BCUT2D eigenvalue weighted by atomic mass is 16.5. The maximum absolute atomic E-state index is 5.48. The number of nitrogens with two attached hydrogens (primary N) is 1. The molecule has 2 N–H and O–H groups in total. The van der Waals surface area contributed by atoms with E-state index < -0.39 is 0 Å². The van der Waals surface area contributed by atoms with Gasteiger partial charge >= 0.3 is 0 Å². The Bertz CT molecular complexity index is 284. The van der Waals surface area contributed by atoms with Gasteiger partial charge in [0.25, 0.3) is 0 Å². The van der Waals surface area contributed by atoms with E-state index in [9.17, 15) is 0 Å². The van der Waals surface area contributed by atoms with Crippen LogP contribution < -0.4 is 5.73 Å². The summed E-state index contributed by atoms with van der Waals surface area (Å²) >= 11 is 0. The Morgan fingerprint density at radius 3 is 2.38 bits per heavy atom. The second-order valence-electron chi connectivity index (χ2n) is 4.13. The van der Waals surface area contributed by atoms with Crippen LogP contribution in [0.15, 0.2) is 24.3 Å². The van der Waals surface area contributed by atoms with E-state index in [0.29, 0.717) is 6.61 Å². The third-order valence-electron chi connectivity index (χ3n) is 2.53. The summed E-state index contributed by atoms with van der Waals surface area (Å²) in [4.78, 5) is 2.29. The predicted molar refractivity (Wildman–Crippen MR) is 67.2 cm³/mol. The molecule has 0 aliphatic carbocycles. The molecule has 3 heteroatoms. The van der Waals surface area contributed by atoms with E-state index in [1.54, 1.807) is 7.11 Å². The van der Waals surface area contributed by atoms with Crippen LogP contribution in [-0.4, -0.2) is 32.1 Å². The lowest BCUT2D eigenvalue weighted by Crippen LogP contribution is -2.21. The minimum atomic E-state index is 0.684. The fourth-order valence-electron chi connectivity index (χ4n) is 1.66. The minimum Gasteiger partial charge on any atom is -0.380 e. The van der Waals surface area contributed by atoms with Crippen molar-refractivity contribution in [3.63, 3.8) is 0 Å². The Morgan fingerprint density at radius 1 is 1.19 bits per heavy atom. The van der Waals surface area contributed by atoms with Crippen molar-refractivity contribution in [2.24, 2.45) is 5.73 Å². The first kappa shape index (κ1) is 13.2. The molecule has 0 radical (unpaired) electrons. The number of benzene rings is 1. The van der Waals surface area contributed by atoms with Gasteiger partial charge in [0.15, 0.2) is 0 Å². The number of methoxy groups -OCH3 is 1. The summed E-state index contributed by atoms with van der Waals surface area (Å²) in [6.45, 7) is 3.48. The first-order valence-corrected chi connectivity index (χ1v) is 5.71. The Kier molecular flexibility index (Phi) is 6.08. The van der Waals surface area contributed by atoms with E-state index in [-0.39, 0.29) is 0 Å². The van der Waals surface area contributed by atoms with Gasteiger partial charge in [-0.3, -0.25) is 0 Å². The predicted octanol–water partition coefficient (Wildman–Crippen LogP) is 1.61. The van der Waals surface area contributed by atoms with Crippen molar-refractivity contribution < 1.29 is 4.74 Å². The molecular weight excluding hydrogens is 200 g/mol. The van der Waals surface area contributed by atoms with Crippen LogP contribution in [0.2, 0.25) is 0 Å². The van der Waals surface area contributed by atoms with Crippen molar-refractivity contribution in [3.8, 4) is 0 Å². The lowest BCUT2D eigenvalue weighted by atomic mass is 10.1. The molecule has 1 aromatic rings. The molecule has 0 atom stereocenters. The van der Waals surface area contributed by atoms with E-state index >= 15 is 0 Å². The smallest absolute Gasteiger partial charge is 0.0713 e. The molecule has 16 heavy (non-hydrogen) atoms. The molecule has 1 rings (SSSR count). The van der Waals surface area contributed by atoms with E-state index in [1.807, 2.05) is 0 Å². The normalized spacial score (nSPS) is 11.0. The molecule has 0 aliphatic rings. The van der Waals surface area contributed by atoms with Gasteiger partial charge in [-0.2, -0.15) is 0 Å². The molecular formula is C13H22N2O. The van der Waals surface area contributed by atoms with Crippen LogP contribution >= 0.6 is 0 Å². The average molecular weight is 222 g/mol. The maximum Gasteiger partial charge on any atom is 0.0713 e. The fraction of sp³-hybridized carbons (Fsp3) is 0.538. The van der Waals surface area contributed by atoms with Crippen molar-refractivity contribution in [1.82, 2.24) is 4.90 Å². The van der Waals surface area contributed by atoms with Gasteiger partial charge < -0.3 is 15.4 Å². The molecule has 0 fully saturated rings. The zero-order valence-corrected chi connectivity index (χ0v) is 10.3. The van der Waals surface area contributed by atoms with Gasteiger partial charge in [0.2, 0.25) is 0 Å². The van der Waals surface area contributed by atoms with Crippen LogP contribution in [0.25, 0.3) is 0 Å². The first-order chi connectivity index (χ1) is 7.76. The summed E-state index contributed by atoms with van der Waals surface area (Å²) in [5.74, 6) is 0. The Morgan fingerprint density at radius 2 is 1.81 bits per heavy atom. The van der Waals surface area contributed by atoms with Crippen molar-refractivity contribution in [1.29, 1.82) is 0 Å². The Labute approximate surface area is 98.2 Å². The first-order valence-electron chi connectivity index (χ1n) is 5.71. The molecule has 0 unspecified atom stereocenters. The zero-order chi connectivity index (χ0) is 11.8. The van der Waals surface area contributed by atoms with Crippen LogP contribution in [0.5, 0.6) is 0 Å². The van der Waals surface area contributed by atoms with Gasteiger partial charge in [-0.15, -0.1) is 0 Å². The number of nitrogens with zero attached hydrogens (tertiary/aromatic N) is 1. The molecule has 0 saturated heterocycles. The lowest BCUT2D eigenvalue weighted by Gasteiger charge is -2.16. The second kappa shape index (κ2) is 7.39. The summed E-state index contributed by atoms with van der Waals surface area (Å²) in [6, 6.07) is 8.56. The Balaban J connectivity index is 2.41. The van der Waals surface area contributed by atoms with Gasteiger partial charge in [0.05, 0.1) is 6.61 Å². The third kappa shape index (κ3) is 4.75. The van der Waals surface area contributed by atoms with Crippen LogP contribution in [0.1, 0.15) is 17.5 Å². The molecule has 1 aromatic carbocycles. The van der Waals surface area contributed by atoms with E-state index in [4.69, 9.17) is 10.5 Å². The van der Waals surface area contributed by atoms with Gasteiger partial charge in [-0.05, 0) is 37.7 Å². The van der Waals surface area contributed by atoms with E-state index in [1.165, 1.54) is 11.1 Å². The molecule has 0 heterocycles. The largest absolute Gasteiger partial charge is 0.380 e. The van der Waals surface area contributed by atoms with Crippen LogP contribution in [0.3, 0.4) is 0 Å². The average Bonchev–Trinajstić information content (AvgIpc) is 2.29. The molecule has 0 amide bonds. The molecule has 0 spiro atoms. The van der Waals surface area contributed by atoms with Gasteiger partial charge in [-0.25, -0.2) is 0 Å². The second-order valence-corrected chi connectivity index (χ2v) is 4.13. The number of hydrogen-bond acceptors (Lipinski definition) is 3. The van der Waals surface area contributed by atoms with E-state index in [2.05, 4.69) is 36.2 Å². The molecule has 0 aromatic heterocycles. The van der Waals surface area contributed by atoms with Gasteiger partial charge in [0, 0.05) is 13.7 Å². The lowest BCUT2D eigenvalue weighted by molar-refractivity contribution is 0.185. The summed E-state index contributed by atoms with van der Waals surface area (Å²) in [5, 5.41) is 0. The zero-order valence-electron chi connectivity index (χ0n) is 10.3. The number of ether oxygens (including phenoxy) is 1. The fourth-order valence-corrected chi connectivity index (χ4v) is 1.66. The van der Waals surface area contributed by atoms with Crippen molar-refractivity contribution in [2.45, 2.75) is 19.6 Å². The quantitative estimate of drug-likeness (QED) is 0.762. The van der Waals surface area contributed by atoms with Crippen LogP contribution in [0, 0.1) is 0 Å². The third-order valence-corrected chi connectivity index (χ3v) is 2.53. The molecule has 0 aliphatic heterocycles. The van der Waals surface area contributed by atoms with Crippen molar-refractivity contribution >= 4 is 0 Å². The molecule has 3 nitrogen and oxygen atoms in total. The summed E-state index contributed by atoms with van der Waals surface area (Å²) in [7, 11) is 3.84. The standard InChI is InChI=1S/C13H22N2O/c1-15(9-3-8-14)10-12-4-6-13(7-5-12)11-16-2/h4-7H,3,8-11,14H2,1-2H3. The highest BCUT2D eigenvalue weighted by Crippen LogP contribution is 2.07. The Hall–Kier alpha value is -0.900. The van der Waals surface area contributed by atoms with E-state index in [0.717, 1.165) is 26.1 Å². The molecule has 90 valence electrons. The summed E-state index contributed by atoms with van der Waals surface area (Å²) in [6.07, 6.45) is 1.05. The topological polar surface area (TPSA) is 38.5 Å². The summed E-state index contributed by atoms with van der Waals surface area (Å²) < 4.78 is 5.08. The highest BCUT2D eigenvalue weighted by Gasteiger charge is 1.99. The van der Waals surface area contributed by atoms with Gasteiger partial charge in [0.1, 0.15) is 0 Å². The number of rotatable bonds is 7. The molecule has 0 saturated carbocycles. The number of hydrogen-bond donors (Lipinski definition) is 1. The maximum atomic E-state index is 5.48. The van der Waals surface area contributed by atoms with Gasteiger partial charge in [-0.1, -0.05) is 24.3 Å². The SMILES string of the molecule is COCc1ccc(CN(C)CCCN)cc1. The van der Waals surface area contributed by atoms with Crippen LogP contribution in [-0.2, 0) is 17.9 Å². The van der Waals surface area contributed by atoms with Crippen molar-refractivity contribution in [2.75, 3.05) is 27.2 Å².